The molecule has 0 saturated heterocycles. The van der Waals surface area contributed by atoms with E-state index in [0.29, 0.717) is 15.4 Å². The Bertz CT molecular complexity index is 676. The first kappa shape index (κ1) is 15.4. The van der Waals surface area contributed by atoms with Gasteiger partial charge in [0.1, 0.15) is 0 Å². The van der Waals surface area contributed by atoms with E-state index >= 15 is 0 Å². The van der Waals surface area contributed by atoms with Gasteiger partial charge in [0.15, 0.2) is 0 Å². The molecule has 0 aliphatic heterocycles. The average Bonchev–Trinajstić information content (AvgIpc) is 2.52. The van der Waals surface area contributed by atoms with Crippen LogP contribution in [0.25, 0.3) is 0 Å². The van der Waals surface area contributed by atoms with Crippen LogP contribution < -0.4 is 5.90 Å². The summed E-state index contributed by atoms with van der Waals surface area (Å²) in [6.07, 6.45) is 0. The van der Waals surface area contributed by atoms with Gasteiger partial charge in [0, 0.05) is 9.79 Å². The number of carbonyl (C=O) groups excluding carboxylic acids is 1. The number of carbonyl (C=O) groups is 2. The van der Waals surface area contributed by atoms with Gasteiger partial charge < -0.3 is 9.94 Å². The maximum absolute atomic E-state index is 11.6. The fourth-order valence-electron chi connectivity index (χ4n) is 1.58. The predicted molar refractivity (Wildman–Crippen MR) is 81.2 cm³/mol. The molecule has 0 atom stereocenters. The lowest BCUT2D eigenvalue weighted by Gasteiger charge is -2.07. The van der Waals surface area contributed by atoms with Crippen LogP contribution in [0.15, 0.2) is 58.3 Å². The molecule has 0 aliphatic carbocycles. The van der Waals surface area contributed by atoms with E-state index in [2.05, 4.69) is 4.84 Å². The molecule has 2 aromatic rings. The van der Waals surface area contributed by atoms with Crippen molar-refractivity contribution in [3.8, 4) is 0 Å². The lowest BCUT2D eigenvalue weighted by atomic mass is 10.2. The Kier molecular flexibility index (Phi) is 5.26. The second-order valence-electron chi connectivity index (χ2n) is 3.87. The Morgan fingerprint density at radius 3 is 1.90 bits per heavy atom. The molecule has 0 radical (unpaired) electrons. The number of nitrogens with two attached hydrogens (primary N) is 1. The van der Waals surface area contributed by atoms with Crippen LogP contribution in [0.1, 0.15) is 20.7 Å². The number of carboxylic acids is 1. The number of hydrogen-bond donors (Lipinski definition) is 2. The molecule has 0 fully saturated rings. The van der Waals surface area contributed by atoms with E-state index < -0.39 is 11.9 Å². The predicted octanol–water partition coefficient (Wildman–Crippen LogP) is 3.21. The standard InChI is InChI=1S/C14H11NO4S2/c15-19-14(18)10-6-2-4-8-12(10)21-20-11-7-3-1-5-9(11)13(16)17/h1-8H,15H2,(H,16,17). The highest BCUT2D eigenvalue weighted by atomic mass is 33.1. The molecule has 2 rings (SSSR count). The normalized spacial score (nSPS) is 10.1. The quantitative estimate of drug-likeness (QED) is 0.645. The third-order valence-corrected chi connectivity index (χ3v) is 5.03. The van der Waals surface area contributed by atoms with Crippen molar-refractivity contribution >= 4 is 33.5 Å². The number of carboxylic acid groups (broad SMARTS) is 1. The highest BCUT2D eigenvalue weighted by molar-refractivity contribution is 8.76. The zero-order valence-corrected chi connectivity index (χ0v) is 12.3. The number of hydrogen-bond acceptors (Lipinski definition) is 6. The summed E-state index contributed by atoms with van der Waals surface area (Å²) in [5, 5.41) is 9.13. The van der Waals surface area contributed by atoms with Gasteiger partial charge in [-0.25, -0.2) is 9.59 Å². The highest BCUT2D eigenvalue weighted by Crippen LogP contribution is 2.40. The summed E-state index contributed by atoms with van der Waals surface area (Å²) >= 11 is 0. The van der Waals surface area contributed by atoms with Crippen molar-refractivity contribution in [2.45, 2.75) is 9.79 Å². The van der Waals surface area contributed by atoms with Crippen molar-refractivity contribution in [2.75, 3.05) is 0 Å². The maximum atomic E-state index is 11.6. The fraction of sp³-hybridized carbons (Fsp3) is 0. The number of rotatable bonds is 5. The molecule has 0 heterocycles. The molecular weight excluding hydrogens is 310 g/mol. The molecule has 0 saturated carbocycles. The van der Waals surface area contributed by atoms with Crippen molar-refractivity contribution in [2.24, 2.45) is 5.90 Å². The molecule has 0 unspecified atom stereocenters. The first-order valence-corrected chi connectivity index (χ1v) is 7.95. The van der Waals surface area contributed by atoms with Crippen LogP contribution in [0.4, 0.5) is 0 Å². The van der Waals surface area contributed by atoms with Crippen LogP contribution in [0.2, 0.25) is 0 Å². The lowest BCUT2D eigenvalue weighted by Crippen LogP contribution is -2.10. The molecule has 108 valence electrons. The molecule has 3 N–H and O–H groups in total. The topological polar surface area (TPSA) is 89.6 Å². The third kappa shape index (κ3) is 3.78. The molecule has 0 aliphatic rings. The molecule has 7 heteroatoms. The summed E-state index contributed by atoms with van der Waals surface area (Å²) in [6.45, 7) is 0. The largest absolute Gasteiger partial charge is 0.478 e. The van der Waals surface area contributed by atoms with Crippen molar-refractivity contribution in [1.82, 2.24) is 0 Å². The average molecular weight is 321 g/mol. The molecule has 0 bridgehead atoms. The smallest absolute Gasteiger partial charge is 0.357 e. The number of benzene rings is 2. The minimum Gasteiger partial charge on any atom is -0.478 e. The van der Waals surface area contributed by atoms with Crippen molar-refractivity contribution in [1.29, 1.82) is 0 Å². The van der Waals surface area contributed by atoms with Gasteiger partial charge in [-0.15, -0.1) is 0 Å². The van der Waals surface area contributed by atoms with Gasteiger partial charge in [0.25, 0.3) is 0 Å². The summed E-state index contributed by atoms with van der Waals surface area (Å²) in [4.78, 5) is 28.2. The first-order valence-electron chi connectivity index (χ1n) is 5.80. The van der Waals surface area contributed by atoms with Gasteiger partial charge >= 0.3 is 11.9 Å². The van der Waals surface area contributed by atoms with Gasteiger partial charge in [-0.05, 0) is 24.3 Å². The van der Waals surface area contributed by atoms with E-state index in [9.17, 15) is 9.59 Å². The Labute approximate surface area is 128 Å². The monoisotopic (exact) mass is 321 g/mol. The molecule has 0 amide bonds. The van der Waals surface area contributed by atoms with Crippen LogP contribution in [0, 0.1) is 0 Å². The summed E-state index contributed by atoms with van der Waals surface area (Å²) < 4.78 is 0. The van der Waals surface area contributed by atoms with Gasteiger partial charge in [-0.2, -0.15) is 5.90 Å². The summed E-state index contributed by atoms with van der Waals surface area (Å²) in [5.74, 6) is 3.27. The van der Waals surface area contributed by atoms with Gasteiger partial charge in [0.2, 0.25) is 0 Å². The minimum absolute atomic E-state index is 0.217. The fourth-order valence-corrected chi connectivity index (χ4v) is 3.92. The molecule has 2 aromatic carbocycles. The van der Waals surface area contributed by atoms with E-state index in [1.165, 1.54) is 27.7 Å². The summed E-state index contributed by atoms with van der Waals surface area (Å²) in [5.41, 5.74) is 0.555. The summed E-state index contributed by atoms with van der Waals surface area (Å²) in [6, 6.07) is 13.5. The Morgan fingerprint density at radius 1 is 0.905 bits per heavy atom. The van der Waals surface area contributed by atoms with Crippen molar-refractivity contribution in [3.05, 3.63) is 59.7 Å². The van der Waals surface area contributed by atoms with E-state index in [1.54, 1.807) is 42.5 Å². The maximum Gasteiger partial charge on any atom is 0.357 e. The highest BCUT2D eigenvalue weighted by Gasteiger charge is 2.14. The van der Waals surface area contributed by atoms with E-state index in [1.807, 2.05) is 0 Å². The molecule has 5 nitrogen and oxygen atoms in total. The minimum atomic E-state index is -0.992. The van der Waals surface area contributed by atoms with E-state index in [4.69, 9.17) is 11.0 Å². The van der Waals surface area contributed by atoms with Gasteiger partial charge in [0.05, 0.1) is 11.1 Å². The Morgan fingerprint density at radius 2 is 1.38 bits per heavy atom. The lowest BCUT2D eigenvalue weighted by molar-refractivity contribution is 0.0499. The van der Waals surface area contributed by atoms with Gasteiger partial charge in [-0.1, -0.05) is 45.9 Å². The van der Waals surface area contributed by atoms with E-state index in [-0.39, 0.29) is 5.56 Å². The Hall–Kier alpha value is -1.96. The van der Waals surface area contributed by atoms with Crippen LogP contribution >= 0.6 is 21.6 Å². The first-order chi connectivity index (χ1) is 10.1. The summed E-state index contributed by atoms with van der Waals surface area (Å²) in [7, 11) is 2.53. The zero-order chi connectivity index (χ0) is 15.2. The zero-order valence-electron chi connectivity index (χ0n) is 10.7. The Balaban J connectivity index is 2.21. The van der Waals surface area contributed by atoms with Crippen molar-refractivity contribution < 1.29 is 19.5 Å². The molecule has 0 spiro atoms. The SMILES string of the molecule is NOC(=O)c1ccccc1SSc1ccccc1C(=O)O. The third-order valence-electron chi connectivity index (χ3n) is 2.55. The number of aromatic carboxylic acids is 1. The van der Waals surface area contributed by atoms with E-state index in [0.717, 1.165) is 0 Å². The van der Waals surface area contributed by atoms with Gasteiger partial charge in [-0.3, -0.25) is 0 Å². The second kappa shape index (κ2) is 7.16. The molecule has 0 aromatic heterocycles. The second-order valence-corrected chi connectivity index (χ2v) is 6.08. The van der Waals surface area contributed by atoms with Crippen molar-refractivity contribution in [3.63, 3.8) is 0 Å². The molecule has 21 heavy (non-hydrogen) atoms. The molecular formula is C14H11NO4S2. The van der Waals surface area contributed by atoms with Crippen LogP contribution in [-0.4, -0.2) is 17.0 Å². The van der Waals surface area contributed by atoms with Crippen LogP contribution in [0.3, 0.4) is 0 Å². The van der Waals surface area contributed by atoms with Crippen LogP contribution in [-0.2, 0) is 4.84 Å². The van der Waals surface area contributed by atoms with Crippen LogP contribution in [0.5, 0.6) is 0 Å².